The van der Waals surface area contributed by atoms with Gasteiger partial charge in [-0.05, 0) is 47.9 Å². The van der Waals surface area contributed by atoms with Gasteiger partial charge in [0.15, 0.2) is 0 Å². The third-order valence-corrected chi connectivity index (χ3v) is 5.00. The number of carbonyl (C=O) groups is 1. The number of hydrogen-bond donors (Lipinski definition) is 0. The second-order valence-corrected chi connectivity index (χ2v) is 6.26. The number of fused-ring (bicyclic) bond motifs is 1. The summed E-state index contributed by atoms with van der Waals surface area (Å²) in [5.41, 5.74) is 2.12. The van der Waals surface area contributed by atoms with Gasteiger partial charge in [-0.3, -0.25) is 9.78 Å². The highest BCUT2D eigenvalue weighted by Crippen LogP contribution is 2.36. The van der Waals surface area contributed by atoms with E-state index in [1.807, 2.05) is 6.07 Å². The third kappa shape index (κ3) is 2.58. The van der Waals surface area contributed by atoms with Crippen molar-refractivity contribution < 1.29 is 4.79 Å². The summed E-state index contributed by atoms with van der Waals surface area (Å²) < 4.78 is 0. The van der Waals surface area contributed by atoms with Gasteiger partial charge < -0.3 is 0 Å². The van der Waals surface area contributed by atoms with E-state index in [2.05, 4.69) is 16.4 Å². The predicted molar refractivity (Wildman–Crippen MR) is 78.0 cm³/mol. The van der Waals surface area contributed by atoms with Gasteiger partial charge in [-0.25, -0.2) is 0 Å². The molecule has 0 radical (unpaired) electrons. The SMILES string of the molecule is O=C(Cc1ccncc1Cl)C1CCCc2sccc21. The molecule has 1 aliphatic carbocycles. The van der Waals surface area contributed by atoms with Gasteiger partial charge in [-0.15, -0.1) is 11.3 Å². The molecule has 1 atom stereocenters. The van der Waals surface area contributed by atoms with E-state index in [1.54, 1.807) is 23.7 Å². The van der Waals surface area contributed by atoms with E-state index in [9.17, 15) is 4.79 Å². The maximum absolute atomic E-state index is 12.5. The molecule has 0 fully saturated rings. The number of pyridine rings is 1. The van der Waals surface area contributed by atoms with Crippen LogP contribution in [0, 0.1) is 0 Å². The fourth-order valence-electron chi connectivity index (χ4n) is 2.68. The number of hydrogen-bond acceptors (Lipinski definition) is 3. The van der Waals surface area contributed by atoms with Crippen molar-refractivity contribution in [3.63, 3.8) is 0 Å². The lowest BCUT2D eigenvalue weighted by atomic mass is 9.83. The quantitative estimate of drug-likeness (QED) is 0.854. The molecule has 4 heteroatoms. The van der Waals surface area contributed by atoms with E-state index in [0.29, 0.717) is 11.4 Å². The summed E-state index contributed by atoms with van der Waals surface area (Å²) in [6.07, 6.45) is 6.87. The molecular weight excluding hydrogens is 278 g/mol. The molecule has 0 bridgehead atoms. The molecule has 2 aromatic rings. The minimum Gasteiger partial charge on any atom is -0.299 e. The fraction of sp³-hybridized carbons (Fsp3) is 0.333. The molecule has 2 heterocycles. The normalized spacial score (nSPS) is 18.1. The van der Waals surface area contributed by atoms with E-state index >= 15 is 0 Å². The van der Waals surface area contributed by atoms with Gasteiger partial charge in [0.2, 0.25) is 0 Å². The Morgan fingerprint density at radius 3 is 3.21 bits per heavy atom. The summed E-state index contributed by atoms with van der Waals surface area (Å²) in [5.74, 6) is 0.326. The molecule has 2 nitrogen and oxygen atoms in total. The van der Waals surface area contributed by atoms with E-state index in [-0.39, 0.29) is 11.7 Å². The van der Waals surface area contributed by atoms with Gasteiger partial charge in [0.05, 0.1) is 5.02 Å². The molecule has 0 N–H and O–H groups in total. The third-order valence-electron chi connectivity index (χ3n) is 3.66. The first-order chi connectivity index (χ1) is 9.25. The number of halogens is 1. The Bertz CT molecular complexity index is 608. The summed E-state index contributed by atoms with van der Waals surface area (Å²) in [6.45, 7) is 0. The number of carbonyl (C=O) groups excluding carboxylic acids is 1. The van der Waals surface area contributed by atoms with Crippen LogP contribution in [0.1, 0.15) is 34.8 Å². The topological polar surface area (TPSA) is 30.0 Å². The molecule has 0 aliphatic heterocycles. The number of nitrogens with zero attached hydrogens (tertiary/aromatic N) is 1. The van der Waals surface area contributed by atoms with Crippen LogP contribution in [0.5, 0.6) is 0 Å². The van der Waals surface area contributed by atoms with E-state index in [4.69, 9.17) is 11.6 Å². The number of thiophene rings is 1. The fourth-order valence-corrected chi connectivity index (χ4v) is 3.85. The Labute approximate surface area is 121 Å². The van der Waals surface area contributed by atoms with E-state index < -0.39 is 0 Å². The molecule has 0 amide bonds. The average Bonchev–Trinajstić information content (AvgIpc) is 2.89. The van der Waals surface area contributed by atoms with Gasteiger partial charge >= 0.3 is 0 Å². The maximum atomic E-state index is 12.5. The average molecular weight is 292 g/mol. The zero-order valence-electron chi connectivity index (χ0n) is 10.4. The number of Topliss-reactive ketones (excluding diaryl/α,β-unsaturated/α-hetero) is 1. The summed E-state index contributed by atoms with van der Waals surface area (Å²) in [7, 11) is 0. The highest BCUT2D eigenvalue weighted by molar-refractivity contribution is 7.10. The number of ketones is 1. The first-order valence-electron chi connectivity index (χ1n) is 6.43. The monoisotopic (exact) mass is 291 g/mol. The van der Waals surface area contributed by atoms with Crippen molar-refractivity contribution in [2.45, 2.75) is 31.6 Å². The van der Waals surface area contributed by atoms with Crippen molar-refractivity contribution in [1.29, 1.82) is 0 Å². The van der Waals surface area contributed by atoms with Crippen LogP contribution < -0.4 is 0 Å². The Morgan fingerprint density at radius 2 is 2.37 bits per heavy atom. The van der Waals surface area contributed by atoms with Crippen molar-refractivity contribution in [2.75, 3.05) is 0 Å². The van der Waals surface area contributed by atoms with Gasteiger partial charge in [0, 0.05) is 29.6 Å². The van der Waals surface area contributed by atoms with Crippen molar-refractivity contribution >= 4 is 28.7 Å². The first kappa shape index (κ1) is 12.8. The smallest absolute Gasteiger partial charge is 0.144 e. The number of aromatic nitrogens is 1. The number of rotatable bonds is 3. The number of aryl methyl sites for hydroxylation is 1. The molecule has 19 heavy (non-hydrogen) atoms. The van der Waals surface area contributed by atoms with Gasteiger partial charge in [-0.1, -0.05) is 11.6 Å². The van der Waals surface area contributed by atoms with Crippen LogP contribution >= 0.6 is 22.9 Å². The molecule has 1 aliphatic rings. The summed E-state index contributed by atoms with van der Waals surface area (Å²) >= 11 is 7.84. The van der Waals surface area contributed by atoms with Gasteiger partial charge in [0.25, 0.3) is 0 Å². The largest absolute Gasteiger partial charge is 0.299 e. The van der Waals surface area contributed by atoms with Crippen molar-refractivity contribution in [2.24, 2.45) is 0 Å². The van der Waals surface area contributed by atoms with Crippen LogP contribution in [0.15, 0.2) is 29.9 Å². The molecule has 0 aromatic carbocycles. The molecule has 2 aromatic heterocycles. The molecule has 0 saturated heterocycles. The lowest BCUT2D eigenvalue weighted by Gasteiger charge is -2.21. The Hall–Kier alpha value is -1.19. The lowest BCUT2D eigenvalue weighted by Crippen LogP contribution is -2.19. The second-order valence-electron chi connectivity index (χ2n) is 4.85. The Balaban J connectivity index is 1.81. The molecule has 1 unspecified atom stereocenters. The van der Waals surface area contributed by atoms with Crippen molar-refractivity contribution in [3.05, 3.63) is 50.9 Å². The van der Waals surface area contributed by atoms with Gasteiger partial charge in [-0.2, -0.15) is 0 Å². The maximum Gasteiger partial charge on any atom is 0.144 e. The highest BCUT2D eigenvalue weighted by atomic mass is 35.5. The standard InChI is InChI=1S/C15H14ClNOS/c16-13-9-17-6-4-10(13)8-14(18)11-2-1-3-15-12(11)5-7-19-15/h4-7,9,11H,1-3,8H2. The first-order valence-corrected chi connectivity index (χ1v) is 7.69. The zero-order chi connectivity index (χ0) is 13.2. The van der Waals surface area contributed by atoms with Crippen LogP contribution in [0.2, 0.25) is 5.02 Å². The van der Waals surface area contributed by atoms with Crippen LogP contribution in [0.4, 0.5) is 0 Å². The summed E-state index contributed by atoms with van der Waals surface area (Å²) in [6, 6.07) is 3.94. The summed E-state index contributed by atoms with van der Waals surface area (Å²) in [4.78, 5) is 17.8. The molecule has 3 rings (SSSR count). The van der Waals surface area contributed by atoms with Crippen LogP contribution in [0.25, 0.3) is 0 Å². The summed E-state index contributed by atoms with van der Waals surface area (Å²) in [5, 5.41) is 2.67. The lowest BCUT2D eigenvalue weighted by molar-refractivity contribution is -0.120. The van der Waals surface area contributed by atoms with Crippen molar-refractivity contribution in [3.8, 4) is 0 Å². The minimum absolute atomic E-state index is 0.0548. The van der Waals surface area contributed by atoms with Crippen LogP contribution in [0.3, 0.4) is 0 Å². The predicted octanol–water partition coefficient (Wildman–Crippen LogP) is 4.03. The highest BCUT2D eigenvalue weighted by Gasteiger charge is 2.27. The molecule has 0 saturated carbocycles. The zero-order valence-corrected chi connectivity index (χ0v) is 12.0. The van der Waals surface area contributed by atoms with E-state index in [0.717, 1.165) is 24.8 Å². The van der Waals surface area contributed by atoms with Crippen molar-refractivity contribution in [1.82, 2.24) is 4.98 Å². The molecular formula is C15H14ClNOS. The molecule has 98 valence electrons. The van der Waals surface area contributed by atoms with Crippen LogP contribution in [-0.4, -0.2) is 10.8 Å². The Kier molecular flexibility index (Phi) is 3.67. The minimum atomic E-state index is 0.0548. The second kappa shape index (κ2) is 5.43. The molecule has 0 spiro atoms. The van der Waals surface area contributed by atoms with Gasteiger partial charge in [0.1, 0.15) is 5.78 Å². The Morgan fingerprint density at radius 1 is 1.47 bits per heavy atom. The van der Waals surface area contributed by atoms with Crippen LogP contribution in [-0.2, 0) is 17.6 Å². The van der Waals surface area contributed by atoms with E-state index in [1.165, 1.54) is 10.4 Å².